The van der Waals surface area contributed by atoms with Crippen molar-refractivity contribution in [3.63, 3.8) is 0 Å². The summed E-state index contributed by atoms with van der Waals surface area (Å²) in [5.74, 6) is -0.472. The van der Waals surface area contributed by atoms with Gasteiger partial charge in [0, 0.05) is 26.4 Å². The maximum Gasteiger partial charge on any atom is 0.540 e. The summed E-state index contributed by atoms with van der Waals surface area (Å²) < 4.78 is 20.6. The molecule has 0 aromatic rings. The molecule has 0 fully saturated rings. The van der Waals surface area contributed by atoms with E-state index in [4.69, 9.17) is 18.0 Å². The van der Waals surface area contributed by atoms with Gasteiger partial charge in [0.05, 0.1) is 0 Å². The molecule has 0 saturated heterocycles. The van der Waals surface area contributed by atoms with Crippen LogP contribution in [0, 0.1) is 0 Å². The molecule has 0 rings (SSSR count). The average Bonchev–Trinajstić information content (AvgIpc) is 2.23. The van der Waals surface area contributed by atoms with Gasteiger partial charge < -0.3 is 18.0 Å². The SMILES string of the molecule is C=C(C)C(=O)OC[Si](OC)(OC)OCC. The maximum absolute atomic E-state index is 11.2. The van der Waals surface area contributed by atoms with E-state index < -0.39 is 14.8 Å². The largest absolute Gasteiger partial charge is 0.540 e. The van der Waals surface area contributed by atoms with E-state index in [1.807, 2.05) is 6.92 Å². The molecule has 0 aliphatic heterocycles. The zero-order chi connectivity index (χ0) is 11.9. The monoisotopic (exact) mass is 234 g/mol. The third-order valence-corrected chi connectivity index (χ3v) is 4.19. The number of hydrogen-bond acceptors (Lipinski definition) is 5. The van der Waals surface area contributed by atoms with Crippen LogP contribution in [0.5, 0.6) is 0 Å². The van der Waals surface area contributed by atoms with Gasteiger partial charge in [-0.05, 0) is 13.8 Å². The van der Waals surface area contributed by atoms with E-state index in [0.29, 0.717) is 12.2 Å². The lowest BCUT2D eigenvalue weighted by Gasteiger charge is -2.24. The van der Waals surface area contributed by atoms with Gasteiger partial charge in [0.1, 0.15) is 0 Å². The second kappa shape index (κ2) is 6.73. The first-order valence-corrected chi connectivity index (χ1v) is 6.51. The first-order valence-electron chi connectivity index (χ1n) is 4.58. The second-order valence-corrected chi connectivity index (χ2v) is 5.64. The van der Waals surface area contributed by atoms with Crippen molar-refractivity contribution < 1.29 is 22.8 Å². The summed E-state index contributed by atoms with van der Waals surface area (Å²) in [5.41, 5.74) is 0.335. The predicted molar refractivity (Wildman–Crippen MR) is 57.2 cm³/mol. The van der Waals surface area contributed by atoms with Gasteiger partial charge in [0.15, 0.2) is 6.23 Å². The Labute approximate surface area is 91.3 Å². The summed E-state index contributed by atoms with van der Waals surface area (Å²) in [7, 11) is 0.108. The Bertz CT molecular complexity index is 225. The van der Waals surface area contributed by atoms with Crippen LogP contribution in [0.4, 0.5) is 0 Å². The van der Waals surface area contributed by atoms with E-state index in [1.165, 1.54) is 14.2 Å². The van der Waals surface area contributed by atoms with Crippen molar-refractivity contribution in [1.29, 1.82) is 0 Å². The molecule has 0 spiro atoms. The Kier molecular flexibility index (Phi) is 6.42. The molecule has 0 heterocycles. The number of esters is 1. The van der Waals surface area contributed by atoms with Crippen molar-refractivity contribution in [1.82, 2.24) is 0 Å². The third kappa shape index (κ3) is 4.56. The van der Waals surface area contributed by atoms with Crippen LogP contribution >= 0.6 is 0 Å². The zero-order valence-electron chi connectivity index (χ0n) is 9.66. The van der Waals surface area contributed by atoms with Crippen molar-refractivity contribution in [3.05, 3.63) is 12.2 Å². The summed E-state index contributed by atoms with van der Waals surface area (Å²) in [6, 6.07) is 0. The molecule has 5 nitrogen and oxygen atoms in total. The van der Waals surface area contributed by atoms with Crippen molar-refractivity contribution >= 4 is 14.8 Å². The van der Waals surface area contributed by atoms with Crippen LogP contribution in [0.2, 0.25) is 0 Å². The molecule has 0 atom stereocenters. The van der Waals surface area contributed by atoms with Crippen molar-refractivity contribution in [2.75, 3.05) is 27.1 Å². The summed E-state index contributed by atoms with van der Waals surface area (Å²) >= 11 is 0. The molecule has 0 N–H and O–H groups in total. The molecule has 0 radical (unpaired) electrons. The highest BCUT2D eigenvalue weighted by molar-refractivity contribution is 6.60. The molecule has 88 valence electrons. The Morgan fingerprint density at radius 2 is 1.87 bits per heavy atom. The van der Waals surface area contributed by atoms with Crippen LogP contribution in [-0.2, 0) is 22.8 Å². The maximum atomic E-state index is 11.2. The molecule has 0 aliphatic carbocycles. The van der Waals surface area contributed by atoms with Crippen LogP contribution in [0.25, 0.3) is 0 Å². The van der Waals surface area contributed by atoms with Gasteiger partial charge in [-0.15, -0.1) is 0 Å². The first-order chi connectivity index (χ1) is 7.01. The van der Waals surface area contributed by atoms with Crippen molar-refractivity contribution in [3.8, 4) is 0 Å². The van der Waals surface area contributed by atoms with E-state index in [9.17, 15) is 4.79 Å². The van der Waals surface area contributed by atoms with E-state index in [0.717, 1.165) is 0 Å². The number of carbonyl (C=O) groups is 1. The summed E-state index contributed by atoms with van der Waals surface area (Å²) in [6.45, 7) is 7.31. The normalized spacial score (nSPS) is 11.2. The van der Waals surface area contributed by atoms with Gasteiger partial charge in [-0.1, -0.05) is 6.58 Å². The lowest BCUT2D eigenvalue weighted by Crippen LogP contribution is -2.49. The smallest absolute Gasteiger partial charge is 0.458 e. The molecular formula is C9H18O5Si. The highest BCUT2D eigenvalue weighted by atomic mass is 28.4. The third-order valence-electron chi connectivity index (χ3n) is 1.71. The minimum atomic E-state index is -2.84. The van der Waals surface area contributed by atoms with Crippen LogP contribution in [-0.4, -0.2) is 41.8 Å². The summed E-state index contributed by atoms with van der Waals surface area (Å²) in [5, 5.41) is 0. The second-order valence-electron chi connectivity index (χ2n) is 2.88. The highest BCUT2D eigenvalue weighted by Crippen LogP contribution is 2.08. The van der Waals surface area contributed by atoms with Crippen molar-refractivity contribution in [2.24, 2.45) is 0 Å². The Morgan fingerprint density at radius 3 is 2.20 bits per heavy atom. The summed E-state index contributed by atoms with van der Waals surface area (Å²) in [6.07, 6.45) is -0.000463. The van der Waals surface area contributed by atoms with E-state index in [1.54, 1.807) is 6.92 Å². The van der Waals surface area contributed by atoms with Crippen LogP contribution in [0.1, 0.15) is 13.8 Å². The molecule has 0 aliphatic rings. The number of rotatable bonds is 7. The van der Waals surface area contributed by atoms with E-state index >= 15 is 0 Å². The van der Waals surface area contributed by atoms with Crippen LogP contribution in [0.3, 0.4) is 0 Å². The van der Waals surface area contributed by atoms with Gasteiger partial charge in [-0.25, -0.2) is 4.79 Å². The Balaban J connectivity index is 4.28. The van der Waals surface area contributed by atoms with Gasteiger partial charge >= 0.3 is 14.8 Å². The molecule has 0 saturated carbocycles. The molecule has 0 amide bonds. The van der Waals surface area contributed by atoms with Gasteiger partial charge in [-0.2, -0.15) is 0 Å². The fourth-order valence-corrected chi connectivity index (χ4v) is 2.33. The van der Waals surface area contributed by atoms with Gasteiger partial charge in [-0.3, -0.25) is 0 Å². The van der Waals surface area contributed by atoms with E-state index in [-0.39, 0.29) is 6.23 Å². The lowest BCUT2D eigenvalue weighted by atomic mass is 10.4. The van der Waals surface area contributed by atoms with Gasteiger partial charge in [0.25, 0.3) is 0 Å². The molecule has 15 heavy (non-hydrogen) atoms. The quantitative estimate of drug-likeness (QED) is 0.372. The lowest BCUT2D eigenvalue weighted by molar-refractivity contribution is -0.138. The molecule has 0 aromatic heterocycles. The van der Waals surface area contributed by atoms with E-state index in [2.05, 4.69) is 6.58 Å². The molecule has 0 aromatic carbocycles. The number of carbonyl (C=O) groups excluding carboxylic acids is 1. The minimum absolute atomic E-state index is 0.000463. The molecular weight excluding hydrogens is 216 g/mol. The van der Waals surface area contributed by atoms with Crippen molar-refractivity contribution in [2.45, 2.75) is 13.8 Å². The highest BCUT2D eigenvalue weighted by Gasteiger charge is 2.41. The first kappa shape index (κ1) is 14.3. The van der Waals surface area contributed by atoms with Crippen LogP contribution in [0.15, 0.2) is 12.2 Å². The fraction of sp³-hybridized carbons (Fsp3) is 0.667. The molecule has 6 heteroatoms. The molecule has 0 bridgehead atoms. The Morgan fingerprint density at radius 1 is 1.33 bits per heavy atom. The average molecular weight is 234 g/mol. The predicted octanol–water partition coefficient (Wildman–Crippen LogP) is 0.913. The summed E-state index contributed by atoms with van der Waals surface area (Å²) in [4.78, 5) is 11.2. The minimum Gasteiger partial charge on any atom is -0.458 e. The van der Waals surface area contributed by atoms with Crippen LogP contribution < -0.4 is 0 Å². The number of ether oxygens (including phenoxy) is 1. The topological polar surface area (TPSA) is 54.0 Å². The number of hydrogen-bond donors (Lipinski definition) is 0. The zero-order valence-corrected chi connectivity index (χ0v) is 10.7. The standard InChI is InChI=1S/C9H18O5Si/c1-6-14-15(11-4,12-5)7-13-9(10)8(2)3/h2,6-7H2,1,3-5H3. The van der Waals surface area contributed by atoms with Gasteiger partial charge in [0.2, 0.25) is 0 Å². The fourth-order valence-electron chi connectivity index (χ4n) is 0.858. The molecule has 0 unspecified atom stereocenters. The Hall–Kier alpha value is -0.693.